The van der Waals surface area contributed by atoms with Crippen molar-refractivity contribution in [2.24, 2.45) is 4.99 Å². The van der Waals surface area contributed by atoms with Gasteiger partial charge < -0.3 is 4.90 Å². The Hall–Kier alpha value is -2.23. The van der Waals surface area contributed by atoms with Crippen molar-refractivity contribution in [1.82, 2.24) is 4.90 Å². The number of fused-ring (bicyclic) bond motifs is 3. The van der Waals surface area contributed by atoms with Crippen molar-refractivity contribution in [2.75, 3.05) is 0 Å². The Morgan fingerprint density at radius 3 is 3.00 bits per heavy atom. The Balaban J connectivity index is 1.83. The molecule has 4 rings (SSSR count). The number of amidine groups is 1. The number of benzene rings is 1. The second kappa shape index (κ2) is 3.41. The minimum Gasteiger partial charge on any atom is -0.317 e. The van der Waals surface area contributed by atoms with E-state index in [4.69, 9.17) is 0 Å². The fourth-order valence-corrected chi connectivity index (χ4v) is 3.16. The summed E-state index contributed by atoms with van der Waals surface area (Å²) in [6, 6.07) is 5.03. The summed E-state index contributed by atoms with van der Waals surface area (Å²) in [6.07, 6.45) is 8.30. The van der Waals surface area contributed by atoms with E-state index < -0.39 is 5.54 Å². The lowest BCUT2D eigenvalue weighted by Crippen LogP contribution is -2.49. The van der Waals surface area contributed by atoms with Crippen molar-refractivity contribution < 1.29 is 9.18 Å². The van der Waals surface area contributed by atoms with Crippen LogP contribution >= 0.6 is 0 Å². The van der Waals surface area contributed by atoms with Gasteiger partial charge in [-0.05, 0) is 29.3 Å². The zero-order chi connectivity index (χ0) is 13.0. The molecule has 2 aliphatic heterocycles. The Bertz CT molecular complexity index is 689. The van der Waals surface area contributed by atoms with E-state index >= 15 is 0 Å². The summed E-state index contributed by atoms with van der Waals surface area (Å²) in [5.74, 6) is 0.252. The maximum absolute atomic E-state index is 13.9. The molecule has 1 unspecified atom stereocenters. The van der Waals surface area contributed by atoms with Crippen LogP contribution < -0.4 is 0 Å². The maximum Gasteiger partial charge on any atom is 0.274 e. The first kappa shape index (κ1) is 10.7. The number of halogens is 1. The minimum atomic E-state index is -0.749. The van der Waals surface area contributed by atoms with E-state index in [9.17, 15) is 9.18 Å². The van der Waals surface area contributed by atoms with Crippen molar-refractivity contribution in [2.45, 2.75) is 18.4 Å². The fourth-order valence-electron chi connectivity index (χ4n) is 3.16. The lowest BCUT2D eigenvalue weighted by molar-refractivity contribution is -0.124. The molecule has 0 radical (unpaired) electrons. The number of rotatable bonds is 0. The topological polar surface area (TPSA) is 32.7 Å². The molecule has 1 spiro atoms. The SMILES string of the molecule is O=C1N=C2C=CC=CN2C12Cc1cccc(F)c1C2. The molecular weight excluding hydrogens is 243 g/mol. The Kier molecular flexibility index (Phi) is 1.91. The first-order valence-electron chi connectivity index (χ1n) is 6.24. The minimum absolute atomic E-state index is 0.172. The number of carbonyl (C=O) groups excluding carboxylic acids is 1. The molecule has 0 aromatic heterocycles. The van der Waals surface area contributed by atoms with E-state index in [1.807, 2.05) is 35.4 Å². The van der Waals surface area contributed by atoms with E-state index in [1.54, 1.807) is 6.07 Å². The molecule has 1 aromatic rings. The molecule has 3 nitrogen and oxygen atoms in total. The molecule has 2 heterocycles. The predicted molar refractivity (Wildman–Crippen MR) is 69.1 cm³/mol. The van der Waals surface area contributed by atoms with Gasteiger partial charge in [-0.1, -0.05) is 18.2 Å². The average Bonchev–Trinajstić information content (AvgIpc) is 2.92. The molecule has 1 aliphatic carbocycles. The number of amides is 1. The van der Waals surface area contributed by atoms with Gasteiger partial charge in [0.05, 0.1) is 0 Å². The van der Waals surface area contributed by atoms with Gasteiger partial charge in [-0.25, -0.2) is 4.39 Å². The van der Waals surface area contributed by atoms with Gasteiger partial charge in [-0.3, -0.25) is 4.79 Å². The molecule has 1 atom stereocenters. The van der Waals surface area contributed by atoms with Gasteiger partial charge in [0.2, 0.25) is 0 Å². The first-order valence-corrected chi connectivity index (χ1v) is 6.24. The van der Waals surface area contributed by atoms with Crippen LogP contribution in [0.1, 0.15) is 11.1 Å². The zero-order valence-electron chi connectivity index (χ0n) is 10.1. The summed E-state index contributed by atoms with van der Waals surface area (Å²) < 4.78 is 13.9. The molecule has 4 heteroatoms. The van der Waals surface area contributed by atoms with E-state index in [2.05, 4.69) is 4.99 Å². The molecule has 0 bridgehead atoms. The summed E-state index contributed by atoms with van der Waals surface area (Å²) in [5.41, 5.74) is 0.809. The third-order valence-corrected chi connectivity index (χ3v) is 4.08. The van der Waals surface area contributed by atoms with Gasteiger partial charge in [0, 0.05) is 19.0 Å². The molecular formula is C15H11FN2O. The van der Waals surface area contributed by atoms with Crippen molar-refractivity contribution >= 4 is 11.7 Å². The van der Waals surface area contributed by atoms with Crippen molar-refractivity contribution in [3.05, 3.63) is 59.6 Å². The molecule has 19 heavy (non-hydrogen) atoms. The second-order valence-electron chi connectivity index (χ2n) is 5.11. The summed E-state index contributed by atoms with van der Waals surface area (Å²) in [6.45, 7) is 0. The number of allylic oxidation sites excluding steroid dienone is 2. The van der Waals surface area contributed by atoms with Crippen LogP contribution in [0.5, 0.6) is 0 Å². The highest BCUT2D eigenvalue weighted by Crippen LogP contribution is 2.40. The van der Waals surface area contributed by atoms with Crippen LogP contribution in [0.25, 0.3) is 0 Å². The van der Waals surface area contributed by atoms with E-state index in [0.717, 1.165) is 5.56 Å². The molecule has 1 aromatic carbocycles. The number of nitrogens with zero attached hydrogens (tertiary/aromatic N) is 2. The second-order valence-corrected chi connectivity index (χ2v) is 5.11. The molecule has 0 N–H and O–H groups in total. The smallest absolute Gasteiger partial charge is 0.274 e. The standard InChI is InChI=1S/C15H11FN2O/c16-12-5-3-4-10-8-15(9-11(10)12)14(19)17-13-6-1-2-7-18(13)15/h1-7H,8-9H2. The largest absolute Gasteiger partial charge is 0.317 e. The van der Waals surface area contributed by atoms with Crippen LogP contribution in [-0.2, 0) is 17.6 Å². The van der Waals surface area contributed by atoms with Crippen LogP contribution in [0.3, 0.4) is 0 Å². The monoisotopic (exact) mass is 254 g/mol. The van der Waals surface area contributed by atoms with Gasteiger partial charge in [0.1, 0.15) is 17.2 Å². The van der Waals surface area contributed by atoms with Crippen LogP contribution in [0.4, 0.5) is 4.39 Å². The number of carbonyl (C=O) groups is 1. The number of hydrogen-bond acceptors (Lipinski definition) is 2. The third kappa shape index (κ3) is 1.26. The Morgan fingerprint density at radius 1 is 1.26 bits per heavy atom. The number of aliphatic imine (C=N–C) groups is 1. The first-order chi connectivity index (χ1) is 9.21. The summed E-state index contributed by atoms with van der Waals surface area (Å²) in [7, 11) is 0. The highest BCUT2D eigenvalue weighted by atomic mass is 19.1. The summed E-state index contributed by atoms with van der Waals surface area (Å²) >= 11 is 0. The van der Waals surface area contributed by atoms with Gasteiger partial charge >= 0.3 is 0 Å². The quantitative estimate of drug-likeness (QED) is 0.709. The average molecular weight is 254 g/mol. The van der Waals surface area contributed by atoms with E-state index in [1.165, 1.54) is 6.07 Å². The van der Waals surface area contributed by atoms with Gasteiger partial charge in [-0.2, -0.15) is 4.99 Å². The summed E-state index contributed by atoms with van der Waals surface area (Å²) in [4.78, 5) is 18.3. The molecule has 0 saturated heterocycles. The normalized spacial score (nSPS) is 26.9. The van der Waals surface area contributed by atoms with Crippen LogP contribution in [-0.4, -0.2) is 22.2 Å². The van der Waals surface area contributed by atoms with Crippen molar-refractivity contribution in [1.29, 1.82) is 0 Å². The van der Waals surface area contributed by atoms with Crippen molar-refractivity contribution in [3.63, 3.8) is 0 Å². The highest BCUT2D eigenvalue weighted by Gasteiger charge is 2.53. The third-order valence-electron chi connectivity index (χ3n) is 4.08. The molecule has 94 valence electrons. The lowest BCUT2D eigenvalue weighted by Gasteiger charge is -2.32. The van der Waals surface area contributed by atoms with E-state index in [-0.39, 0.29) is 11.7 Å². The van der Waals surface area contributed by atoms with Gasteiger partial charge in [0.25, 0.3) is 5.91 Å². The zero-order valence-corrected chi connectivity index (χ0v) is 10.1. The van der Waals surface area contributed by atoms with Crippen LogP contribution in [0.2, 0.25) is 0 Å². The summed E-state index contributed by atoms with van der Waals surface area (Å²) in [5, 5.41) is 0. The number of hydrogen-bond donors (Lipinski definition) is 0. The molecule has 3 aliphatic rings. The molecule has 0 saturated carbocycles. The molecule has 1 amide bonds. The van der Waals surface area contributed by atoms with E-state index in [0.29, 0.717) is 24.2 Å². The predicted octanol–water partition coefficient (Wildman–Crippen LogP) is 1.99. The van der Waals surface area contributed by atoms with Gasteiger partial charge in [0.15, 0.2) is 0 Å². The fraction of sp³-hybridized carbons (Fsp3) is 0.200. The van der Waals surface area contributed by atoms with Gasteiger partial charge in [-0.15, -0.1) is 0 Å². The lowest BCUT2D eigenvalue weighted by atomic mass is 9.93. The molecule has 0 fully saturated rings. The Labute approximate surface area is 109 Å². The Morgan fingerprint density at radius 2 is 2.16 bits per heavy atom. The highest BCUT2D eigenvalue weighted by molar-refractivity contribution is 6.12. The maximum atomic E-state index is 13.9. The van der Waals surface area contributed by atoms with Crippen LogP contribution in [0.15, 0.2) is 47.6 Å². The van der Waals surface area contributed by atoms with Crippen LogP contribution in [0, 0.1) is 5.82 Å². The van der Waals surface area contributed by atoms with Crippen molar-refractivity contribution in [3.8, 4) is 0 Å².